The van der Waals surface area contributed by atoms with Crippen LogP contribution >= 0.6 is 34.8 Å². The van der Waals surface area contributed by atoms with Gasteiger partial charge in [0.2, 0.25) is 0 Å². The van der Waals surface area contributed by atoms with E-state index in [2.05, 4.69) is 10.4 Å². The van der Waals surface area contributed by atoms with Gasteiger partial charge in [-0.3, -0.25) is 14.3 Å². The van der Waals surface area contributed by atoms with Crippen molar-refractivity contribution in [1.82, 2.24) is 9.78 Å². The van der Waals surface area contributed by atoms with E-state index in [0.717, 1.165) is 11.3 Å². The number of rotatable bonds is 6. The number of ketones is 1. The highest BCUT2D eigenvalue weighted by Gasteiger charge is 2.19. The molecule has 0 aliphatic rings. The summed E-state index contributed by atoms with van der Waals surface area (Å²) in [6.07, 6.45) is 0. The van der Waals surface area contributed by atoms with Gasteiger partial charge in [0.05, 0.1) is 22.2 Å². The number of carbonyl (C=O) groups excluding carboxylic acids is 2. The van der Waals surface area contributed by atoms with Gasteiger partial charge in [-0.15, -0.1) is 0 Å². The molecule has 0 radical (unpaired) electrons. The van der Waals surface area contributed by atoms with Crippen LogP contribution in [0, 0.1) is 6.92 Å². The number of aromatic nitrogens is 2. The molecule has 0 fully saturated rings. The molecule has 3 aromatic carbocycles. The number of nitrogens with zero attached hydrogens (tertiary/aromatic N) is 2. The lowest BCUT2D eigenvalue weighted by molar-refractivity contribution is 0.0996. The molecule has 1 N–H and O–H groups in total. The van der Waals surface area contributed by atoms with Crippen LogP contribution in [-0.4, -0.2) is 21.5 Å². The highest BCUT2D eigenvalue weighted by atomic mass is 35.5. The molecule has 4 rings (SSSR count). The van der Waals surface area contributed by atoms with Gasteiger partial charge in [-0.05, 0) is 55.0 Å². The first-order valence-corrected chi connectivity index (χ1v) is 11.1. The minimum absolute atomic E-state index is 0.258. The van der Waals surface area contributed by atoms with Gasteiger partial charge in [-0.1, -0.05) is 59.1 Å². The first-order valence-electron chi connectivity index (χ1n) is 10.0. The maximum Gasteiger partial charge on any atom is 0.257 e. The minimum atomic E-state index is -0.424. The Kier molecular flexibility index (Phi) is 6.84. The lowest BCUT2D eigenvalue weighted by atomic mass is 9.98. The molecule has 0 saturated carbocycles. The highest BCUT2D eigenvalue weighted by molar-refractivity contribution is 6.42. The molecule has 4 aromatic rings. The third kappa shape index (κ3) is 5.28. The van der Waals surface area contributed by atoms with Crippen molar-refractivity contribution in [2.75, 3.05) is 5.32 Å². The number of hydrogen-bond donors (Lipinski definition) is 1. The predicted octanol–water partition coefficient (Wildman–Crippen LogP) is 6.68. The van der Waals surface area contributed by atoms with Gasteiger partial charge in [-0.2, -0.15) is 5.10 Å². The average Bonchev–Trinajstić information content (AvgIpc) is 3.14. The lowest BCUT2D eigenvalue weighted by Crippen LogP contribution is -2.17. The summed E-state index contributed by atoms with van der Waals surface area (Å²) in [5, 5.41) is 8.75. The Bertz CT molecular complexity index is 1350. The average molecular weight is 499 g/mol. The summed E-state index contributed by atoms with van der Waals surface area (Å²) < 4.78 is 1.75. The Morgan fingerprint density at radius 2 is 1.58 bits per heavy atom. The molecule has 1 amide bonds. The summed E-state index contributed by atoms with van der Waals surface area (Å²) in [5.74, 6) is -0.308. The molecule has 0 spiro atoms. The summed E-state index contributed by atoms with van der Waals surface area (Å²) in [5.41, 5.74) is 2.77. The molecule has 0 unspecified atom stereocenters. The fourth-order valence-electron chi connectivity index (χ4n) is 3.36. The van der Waals surface area contributed by atoms with E-state index in [1.165, 1.54) is 0 Å². The molecule has 0 atom stereocenters. The first kappa shape index (κ1) is 23.1. The van der Waals surface area contributed by atoms with Gasteiger partial charge in [0.25, 0.3) is 5.91 Å². The molecule has 1 aromatic heterocycles. The second kappa shape index (κ2) is 9.79. The number of anilines is 1. The van der Waals surface area contributed by atoms with Crippen molar-refractivity contribution >= 4 is 52.3 Å². The van der Waals surface area contributed by atoms with Crippen LogP contribution in [-0.2, 0) is 6.54 Å². The molecular formula is C25H18Cl3N3O2. The monoisotopic (exact) mass is 497 g/mol. The number of halogens is 3. The molecule has 1 heterocycles. The van der Waals surface area contributed by atoms with E-state index in [9.17, 15) is 9.59 Å². The van der Waals surface area contributed by atoms with Crippen molar-refractivity contribution in [3.05, 3.63) is 116 Å². The maximum absolute atomic E-state index is 13.0. The van der Waals surface area contributed by atoms with E-state index in [4.69, 9.17) is 34.8 Å². The van der Waals surface area contributed by atoms with Crippen LogP contribution < -0.4 is 5.32 Å². The van der Waals surface area contributed by atoms with Crippen molar-refractivity contribution in [3.8, 4) is 0 Å². The Morgan fingerprint density at radius 1 is 0.879 bits per heavy atom. The molecule has 0 bridgehead atoms. The van der Waals surface area contributed by atoms with Crippen molar-refractivity contribution in [2.24, 2.45) is 0 Å². The van der Waals surface area contributed by atoms with Gasteiger partial charge in [-0.25, -0.2) is 0 Å². The van der Waals surface area contributed by atoms with Gasteiger partial charge >= 0.3 is 0 Å². The Morgan fingerprint density at radius 3 is 2.27 bits per heavy atom. The Hall–Kier alpha value is -3.12. The Balaban J connectivity index is 1.54. The van der Waals surface area contributed by atoms with E-state index < -0.39 is 5.91 Å². The van der Waals surface area contributed by atoms with Crippen LogP contribution in [0.1, 0.15) is 37.5 Å². The molecule has 166 valence electrons. The summed E-state index contributed by atoms with van der Waals surface area (Å²) >= 11 is 18.0. The summed E-state index contributed by atoms with van der Waals surface area (Å²) in [4.78, 5) is 26.0. The van der Waals surface area contributed by atoms with E-state index in [1.807, 2.05) is 13.0 Å². The van der Waals surface area contributed by atoms with Crippen LogP contribution in [0.2, 0.25) is 15.1 Å². The standard InChI is InChI=1S/C25H18Cl3N3O2/c1-15-12-23(30-31(15)14-16-6-11-21(27)22(28)13-16)29-25(33)20-5-3-2-4-19(20)24(32)17-7-9-18(26)10-8-17/h2-13H,14H2,1H3,(H,29,30,33). The van der Waals surface area contributed by atoms with Gasteiger partial charge in [0, 0.05) is 27.9 Å². The largest absolute Gasteiger partial charge is 0.305 e. The third-order valence-corrected chi connectivity index (χ3v) is 6.05. The number of carbonyl (C=O) groups is 2. The van der Waals surface area contributed by atoms with E-state index in [1.54, 1.807) is 71.4 Å². The normalized spacial score (nSPS) is 10.8. The maximum atomic E-state index is 13.0. The Labute approximate surface area is 205 Å². The summed E-state index contributed by atoms with van der Waals surface area (Å²) in [7, 11) is 0. The van der Waals surface area contributed by atoms with E-state index >= 15 is 0 Å². The van der Waals surface area contributed by atoms with E-state index in [-0.39, 0.29) is 11.3 Å². The van der Waals surface area contributed by atoms with Crippen molar-refractivity contribution < 1.29 is 9.59 Å². The fourth-order valence-corrected chi connectivity index (χ4v) is 3.81. The zero-order valence-electron chi connectivity index (χ0n) is 17.5. The van der Waals surface area contributed by atoms with Crippen molar-refractivity contribution in [2.45, 2.75) is 13.5 Å². The number of hydrogen-bond acceptors (Lipinski definition) is 3. The molecule has 5 nitrogen and oxygen atoms in total. The molecular weight excluding hydrogens is 481 g/mol. The smallest absolute Gasteiger partial charge is 0.257 e. The van der Waals surface area contributed by atoms with E-state index in [0.29, 0.717) is 38.6 Å². The lowest BCUT2D eigenvalue weighted by Gasteiger charge is -2.09. The number of benzene rings is 3. The molecule has 0 saturated heterocycles. The van der Waals surface area contributed by atoms with Crippen LogP contribution in [0.15, 0.2) is 72.8 Å². The molecule has 8 heteroatoms. The van der Waals surface area contributed by atoms with Gasteiger partial charge in [0.15, 0.2) is 11.6 Å². The zero-order valence-corrected chi connectivity index (χ0v) is 19.7. The van der Waals surface area contributed by atoms with Crippen LogP contribution in [0.5, 0.6) is 0 Å². The minimum Gasteiger partial charge on any atom is -0.305 e. The topological polar surface area (TPSA) is 64.0 Å². The molecule has 0 aliphatic heterocycles. The molecule has 33 heavy (non-hydrogen) atoms. The fraction of sp³-hybridized carbons (Fsp3) is 0.0800. The quantitative estimate of drug-likeness (QED) is 0.301. The molecule has 0 aliphatic carbocycles. The predicted molar refractivity (Wildman–Crippen MR) is 132 cm³/mol. The number of amides is 1. The van der Waals surface area contributed by atoms with Crippen molar-refractivity contribution in [1.29, 1.82) is 0 Å². The van der Waals surface area contributed by atoms with Crippen LogP contribution in [0.25, 0.3) is 0 Å². The van der Waals surface area contributed by atoms with Crippen LogP contribution in [0.4, 0.5) is 5.82 Å². The second-order valence-electron chi connectivity index (χ2n) is 7.41. The van der Waals surface area contributed by atoms with Gasteiger partial charge < -0.3 is 5.32 Å². The first-order chi connectivity index (χ1) is 15.8. The van der Waals surface area contributed by atoms with Crippen molar-refractivity contribution in [3.63, 3.8) is 0 Å². The number of aryl methyl sites for hydroxylation is 1. The SMILES string of the molecule is Cc1cc(NC(=O)c2ccccc2C(=O)c2ccc(Cl)cc2)nn1Cc1ccc(Cl)c(Cl)c1. The second-order valence-corrected chi connectivity index (χ2v) is 8.66. The third-order valence-electron chi connectivity index (χ3n) is 5.06. The van der Waals surface area contributed by atoms with Gasteiger partial charge in [0.1, 0.15) is 0 Å². The highest BCUT2D eigenvalue weighted by Crippen LogP contribution is 2.24. The number of nitrogens with one attached hydrogen (secondary N) is 1. The zero-order chi connectivity index (χ0) is 23.5. The summed E-state index contributed by atoms with van der Waals surface area (Å²) in [6, 6.07) is 20.3. The summed E-state index contributed by atoms with van der Waals surface area (Å²) in [6.45, 7) is 2.35. The van der Waals surface area contributed by atoms with Crippen LogP contribution in [0.3, 0.4) is 0 Å².